The zero-order valence-electron chi connectivity index (χ0n) is 12.8. The van der Waals surface area contributed by atoms with Gasteiger partial charge >= 0.3 is 0 Å². The van der Waals surface area contributed by atoms with E-state index >= 15 is 0 Å². The summed E-state index contributed by atoms with van der Waals surface area (Å²) < 4.78 is 0. The molecular weight excluding hydrogens is 266 g/mol. The molecule has 2 nitrogen and oxygen atoms in total. The first-order valence-electron chi connectivity index (χ1n) is 6.82. The minimum absolute atomic E-state index is 0.0394. The summed E-state index contributed by atoms with van der Waals surface area (Å²) >= 11 is 1.58. The van der Waals surface area contributed by atoms with Crippen molar-refractivity contribution in [1.29, 1.82) is 0 Å². The maximum Gasteiger partial charge on any atom is 0.169 e. The molecule has 2 aromatic rings. The van der Waals surface area contributed by atoms with E-state index in [-0.39, 0.29) is 11.2 Å². The van der Waals surface area contributed by atoms with Gasteiger partial charge in [-0.15, -0.1) is 11.3 Å². The summed E-state index contributed by atoms with van der Waals surface area (Å²) in [5.74, 6) is 0.145. The first-order chi connectivity index (χ1) is 9.25. The first kappa shape index (κ1) is 14.9. The van der Waals surface area contributed by atoms with Gasteiger partial charge in [0.1, 0.15) is 5.01 Å². The van der Waals surface area contributed by atoms with Gasteiger partial charge in [-0.25, -0.2) is 4.98 Å². The summed E-state index contributed by atoms with van der Waals surface area (Å²) in [4.78, 5) is 16.9. The summed E-state index contributed by atoms with van der Waals surface area (Å²) in [6, 6.07) is 5.99. The van der Waals surface area contributed by atoms with Gasteiger partial charge in [-0.2, -0.15) is 0 Å². The number of thiazole rings is 1. The largest absolute Gasteiger partial charge is 0.294 e. The van der Waals surface area contributed by atoms with Crippen LogP contribution in [0.1, 0.15) is 53.0 Å². The number of nitrogens with zero attached hydrogens (tertiary/aromatic N) is 1. The van der Waals surface area contributed by atoms with E-state index in [1.165, 1.54) is 0 Å². The van der Waals surface area contributed by atoms with E-state index in [1.54, 1.807) is 11.3 Å². The van der Waals surface area contributed by atoms with Crippen molar-refractivity contribution >= 4 is 17.1 Å². The Morgan fingerprint density at radius 1 is 1.15 bits per heavy atom. The Labute approximate surface area is 124 Å². The lowest BCUT2D eigenvalue weighted by Gasteiger charge is -2.14. The molecule has 0 spiro atoms. The zero-order valence-corrected chi connectivity index (χ0v) is 13.6. The molecule has 1 heterocycles. The lowest BCUT2D eigenvalue weighted by atomic mass is 9.93. The van der Waals surface area contributed by atoms with Crippen molar-refractivity contribution in [2.75, 3.05) is 0 Å². The Morgan fingerprint density at radius 2 is 1.75 bits per heavy atom. The van der Waals surface area contributed by atoms with Gasteiger partial charge < -0.3 is 0 Å². The highest BCUT2D eigenvalue weighted by Gasteiger charge is 2.18. The number of ketones is 1. The number of aryl methyl sites for hydroxylation is 2. The fourth-order valence-electron chi connectivity index (χ4n) is 2.11. The van der Waals surface area contributed by atoms with Crippen molar-refractivity contribution in [2.24, 2.45) is 0 Å². The summed E-state index contributed by atoms with van der Waals surface area (Å²) in [6.45, 7) is 10.4. The molecule has 0 aliphatic rings. The second-order valence-corrected chi connectivity index (χ2v) is 7.30. The van der Waals surface area contributed by atoms with E-state index in [1.807, 2.05) is 26.0 Å². The first-order valence-corrected chi connectivity index (χ1v) is 7.70. The number of benzene rings is 1. The number of hydrogen-bond donors (Lipinski definition) is 0. The van der Waals surface area contributed by atoms with Gasteiger partial charge in [-0.1, -0.05) is 38.0 Å². The quantitative estimate of drug-likeness (QED) is 0.779. The second kappa shape index (κ2) is 5.49. The van der Waals surface area contributed by atoms with E-state index in [4.69, 9.17) is 0 Å². The number of hydrogen-bond acceptors (Lipinski definition) is 3. The summed E-state index contributed by atoms with van der Waals surface area (Å²) in [5, 5.41) is 2.96. The number of rotatable bonds is 3. The lowest BCUT2D eigenvalue weighted by Crippen LogP contribution is -2.12. The molecule has 1 aromatic heterocycles. The number of aromatic nitrogens is 1. The highest BCUT2D eigenvalue weighted by molar-refractivity contribution is 7.09. The molecule has 0 saturated heterocycles. The van der Waals surface area contributed by atoms with Crippen LogP contribution in [-0.4, -0.2) is 10.8 Å². The van der Waals surface area contributed by atoms with Gasteiger partial charge in [0.15, 0.2) is 5.78 Å². The lowest BCUT2D eigenvalue weighted by molar-refractivity contribution is 0.0992. The molecule has 3 heteroatoms. The zero-order chi connectivity index (χ0) is 14.9. The highest BCUT2D eigenvalue weighted by Crippen LogP contribution is 2.24. The summed E-state index contributed by atoms with van der Waals surface area (Å²) in [6.07, 6.45) is 0.393. The van der Waals surface area contributed by atoms with Gasteiger partial charge in [0, 0.05) is 16.4 Å². The molecule has 0 bridgehead atoms. The Hall–Kier alpha value is -1.48. The normalized spacial score (nSPS) is 11.7. The maximum absolute atomic E-state index is 12.3. The predicted octanol–water partition coefficient (Wildman–Crippen LogP) is 4.48. The van der Waals surface area contributed by atoms with Crippen molar-refractivity contribution in [1.82, 2.24) is 4.98 Å². The molecule has 1 aromatic carbocycles. The van der Waals surface area contributed by atoms with Crippen LogP contribution in [0.4, 0.5) is 0 Å². The van der Waals surface area contributed by atoms with Gasteiger partial charge in [0.2, 0.25) is 0 Å². The minimum atomic E-state index is 0.0394. The van der Waals surface area contributed by atoms with Crippen LogP contribution in [0.3, 0.4) is 0 Å². The van der Waals surface area contributed by atoms with Gasteiger partial charge in [-0.3, -0.25) is 4.79 Å². The van der Waals surface area contributed by atoms with E-state index in [0.29, 0.717) is 6.42 Å². The topological polar surface area (TPSA) is 30.0 Å². The fourth-order valence-corrected chi connectivity index (χ4v) is 3.13. The number of carbonyl (C=O) groups is 1. The average Bonchev–Trinajstić information content (AvgIpc) is 2.75. The Morgan fingerprint density at radius 3 is 2.25 bits per heavy atom. The molecule has 0 N–H and O–H groups in total. The molecule has 20 heavy (non-hydrogen) atoms. The number of Topliss-reactive ketones (excluding diaryl/α,β-unsaturated/α-hetero) is 1. The van der Waals surface area contributed by atoms with Crippen molar-refractivity contribution in [3.05, 3.63) is 51.0 Å². The van der Waals surface area contributed by atoms with Crippen LogP contribution in [-0.2, 0) is 11.8 Å². The molecule has 0 fully saturated rings. The Bertz CT molecular complexity index is 614. The van der Waals surface area contributed by atoms with Gasteiger partial charge in [0.05, 0.1) is 12.1 Å². The van der Waals surface area contributed by atoms with Crippen LogP contribution in [0.15, 0.2) is 23.6 Å². The smallest absolute Gasteiger partial charge is 0.169 e. The third kappa shape index (κ3) is 3.54. The molecule has 2 rings (SSSR count). The molecule has 0 radical (unpaired) electrons. The second-order valence-electron chi connectivity index (χ2n) is 6.35. The SMILES string of the molecule is Cc1cc(C)cc(C(=O)Cc2nc(C(C)(C)C)cs2)c1. The van der Waals surface area contributed by atoms with Crippen molar-refractivity contribution < 1.29 is 4.79 Å². The van der Waals surface area contributed by atoms with Gasteiger partial charge in [0.25, 0.3) is 0 Å². The minimum Gasteiger partial charge on any atom is -0.294 e. The maximum atomic E-state index is 12.3. The van der Waals surface area contributed by atoms with E-state index in [2.05, 4.69) is 37.2 Å². The Balaban J connectivity index is 2.17. The van der Waals surface area contributed by atoms with E-state index in [9.17, 15) is 4.79 Å². The third-order valence-electron chi connectivity index (χ3n) is 3.18. The van der Waals surface area contributed by atoms with E-state index < -0.39 is 0 Å². The molecule has 0 atom stereocenters. The standard InChI is InChI=1S/C17H21NOS/c1-11-6-12(2)8-13(7-11)14(19)9-16-18-15(10-20-16)17(3,4)5/h6-8,10H,9H2,1-5H3. The van der Waals surface area contributed by atoms with Crippen molar-refractivity contribution in [3.8, 4) is 0 Å². The molecule has 0 unspecified atom stereocenters. The molecule has 0 saturated carbocycles. The van der Waals surface area contributed by atoms with Crippen molar-refractivity contribution in [3.63, 3.8) is 0 Å². The molecule has 0 aliphatic heterocycles. The average molecular weight is 287 g/mol. The summed E-state index contributed by atoms with van der Waals surface area (Å²) in [5.41, 5.74) is 4.14. The Kier molecular flexibility index (Phi) is 4.09. The van der Waals surface area contributed by atoms with Gasteiger partial charge in [-0.05, 0) is 26.0 Å². The fraction of sp³-hybridized carbons (Fsp3) is 0.412. The molecule has 0 aliphatic carbocycles. The summed E-state index contributed by atoms with van der Waals surface area (Å²) in [7, 11) is 0. The van der Waals surface area contributed by atoms with Crippen LogP contribution < -0.4 is 0 Å². The molecule has 0 amide bonds. The van der Waals surface area contributed by atoms with Crippen LogP contribution >= 0.6 is 11.3 Å². The van der Waals surface area contributed by atoms with Crippen LogP contribution in [0, 0.1) is 13.8 Å². The van der Waals surface area contributed by atoms with E-state index in [0.717, 1.165) is 27.4 Å². The monoisotopic (exact) mass is 287 g/mol. The highest BCUT2D eigenvalue weighted by atomic mass is 32.1. The third-order valence-corrected chi connectivity index (χ3v) is 4.02. The molecule has 106 valence electrons. The number of carbonyl (C=O) groups excluding carboxylic acids is 1. The predicted molar refractivity (Wildman–Crippen MR) is 84.8 cm³/mol. The molecular formula is C17H21NOS. The van der Waals surface area contributed by atoms with Crippen LogP contribution in [0.2, 0.25) is 0 Å². The van der Waals surface area contributed by atoms with Crippen LogP contribution in [0.5, 0.6) is 0 Å². The van der Waals surface area contributed by atoms with Crippen molar-refractivity contribution in [2.45, 2.75) is 46.5 Å². The van der Waals surface area contributed by atoms with Crippen LogP contribution in [0.25, 0.3) is 0 Å².